The molecule has 0 atom stereocenters. The van der Waals surface area contributed by atoms with Crippen LogP contribution in [-0.2, 0) is 0 Å². The minimum atomic E-state index is 0.478. The molecule has 2 rings (SSSR count). The summed E-state index contributed by atoms with van der Waals surface area (Å²) in [6.07, 6.45) is 5.20. The molecule has 2 aromatic rings. The predicted octanol–water partition coefficient (Wildman–Crippen LogP) is 1.43. The Morgan fingerprint density at radius 2 is 1.86 bits per heavy atom. The number of pyridine rings is 1. The monoisotopic (exact) mass is 186 g/mol. The fourth-order valence-corrected chi connectivity index (χ4v) is 1.13. The Morgan fingerprint density at radius 3 is 2.50 bits per heavy atom. The summed E-state index contributed by atoms with van der Waals surface area (Å²) in [7, 11) is 0. The molecule has 0 spiro atoms. The largest absolute Gasteiger partial charge is 0.384 e. The zero-order valence-corrected chi connectivity index (χ0v) is 7.81. The second kappa shape index (κ2) is 3.41. The zero-order valence-electron chi connectivity index (χ0n) is 7.81. The van der Waals surface area contributed by atoms with Gasteiger partial charge in [0, 0.05) is 24.2 Å². The standard InChI is InChI=1S/C10H10N4/c1-7-5-13-10(14-6-7)8-2-3-12-9(11)4-8/h2-6H,1H3,(H2,11,12). The van der Waals surface area contributed by atoms with Gasteiger partial charge in [0.15, 0.2) is 5.82 Å². The third-order valence-electron chi connectivity index (χ3n) is 1.82. The molecule has 0 bridgehead atoms. The van der Waals surface area contributed by atoms with Gasteiger partial charge >= 0.3 is 0 Å². The lowest BCUT2D eigenvalue weighted by Crippen LogP contribution is -1.93. The quantitative estimate of drug-likeness (QED) is 0.731. The zero-order chi connectivity index (χ0) is 9.97. The van der Waals surface area contributed by atoms with Gasteiger partial charge in [-0.25, -0.2) is 15.0 Å². The fourth-order valence-electron chi connectivity index (χ4n) is 1.13. The van der Waals surface area contributed by atoms with Crippen LogP contribution in [0.1, 0.15) is 5.56 Å². The lowest BCUT2D eigenvalue weighted by Gasteiger charge is -2.00. The van der Waals surface area contributed by atoms with Gasteiger partial charge in [0.2, 0.25) is 0 Å². The van der Waals surface area contributed by atoms with Gasteiger partial charge < -0.3 is 5.73 Å². The smallest absolute Gasteiger partial charge is 0.159 e. The molecule has 0 aliphatic carbocycles. The molecular formula is C10H10N4. The molecule has 0 aromatic carbocycles. The molecule has 0 unspecified atom stereocenters. The molecule has 0 aliphatic heterocycles. The number of aromatic nitrogens is 3. The van der Waals surface area contributed by atoms with Crippen LogP contribution in [0, 0.1) is 6.92 Å². The van der Waals surface area contributed by atoms with Crippen molar-refractivity contribution >= 4 is 5.82 Å². The molecule has 14 heavy (non-hydrogen) atoms. The molecule has 0 radical (unpaired) electrons. The number of hydrogen-bond donors (Lipinski definition) is 1. The molecular weight excluding hydrogens is 176 g/mol. The van der Waals surface area contributed by atoms with Gasteiger partial charge in [-0.1, -0.05) is 0 Å². The van der Waals surface area contributed by atoms with Crippen LogP contribution in [-0.4, -0.2) is 15.0 Å². The molecule has 0 saturated heterocycles. The SMILES string of the molecule is Cc1cnc(-c2ccnc(N)c2)nc1. The summed E-state index contributed by atoms with van der Waals surface area (Å²) >= 11 is 0. The predicted molar refractivity (Wildman–Crippen MR) is 54.4 cm³/mol. The van der Waals surface area contributed by atoms with E-state index in [1.807, 2.05) is 13.0 Å². The number of nitrogens with zero attached hydrogens (tertiary/aromatic N) is 3. The average molecular weight is 186 g/mol. The van der Waals surface area contributed by atoms with Crippen molar-refractivity contribution < 1.29 is 0 Å². The first kappa shape index (κ1) is 8.62. The molecule has 0 fully saturated rings. The van der Waals surface area contributed by atoms with Gasteiger partial charge in [0.25, 0.3) is 0 Å². The normalized spacial score (nSPS) is 10.1. The van der Waals surface area contributed by atoms with Crippen LogP contribution in [0.2, 0.25) is 0 Å². The third kappa shape index (κ3) is 1.69. The average Bonchev–Trinajstić information content (AvgIpc) is 2.19. The van der Waals surface area contributed by atoms with Crippen LogP contribution in [0.25, 0.3) is 11.4 Å². The summed E-state index contributed by atoms with van der Waals surface area (Å²) in [6.45, 7) is 1.95. The third-order valence-corrected chi connectivity index (χ3v) is 1.82. The van der Waals surface area contributed by atoms with Crippen molar-refractivity contribution in [2.45, 2.75) is 6.92 Å². The molecule has 2 heterocycles. The van der Waals surface area contributed by atoms with E-state index in [0.29, 0.717) is 11.6 Å². The van der Waals surface area contributed by atoms with Gasteiger partial charge in [0.1, 0.15) is 5.82 Å². The second-order valence-electron chi connectivity index (χ2n) is 3.05. The minimum absolute atomic E-state index is 0.478. The maximum Gasteiger partial charge on any atom is 0.159 e. The van der Waals surface area contributed by atoms with Crippen LogP contribution in [0.3, 0.4) is 0 Å². The first-order valence-electron chi connectivity index (χ1n) is 4.26. The van der Waals surface area contributed by atoms with Gasteiger partial charge in [-0.15, -0.1) is 0 Å². The van der Waals surface area contributed by atoms with Crippen molar-refractivity contribution in [3.05, 3.63) is 36.3 Å². The fraction of sp³-hybridized carbons (Fsp3) is 0.100. The molecule has 0 saturated carbocycles. The number of nitrogens with two attached hydrogens (primary N) is 1. The van der Waals surface area contributed by atoms with E-state index in [9.17, 15) is 0 Å². The van der Waals surface area contributed by atoms with Crippen LogP contribution in [0.5, 0.6) is 0 Å². The van der Waals surface area contributed by atoms with Crippen LogP contribution in [0.4, 0.5) is 5.82 Å². The summed E-state index contributed by atoms with van der Waals surface area (Å²) in [5.74, 6) is 1.15. The molecule has 4 nitrogen and oxygen atoms in total. The van der Waals surface area contributed by atoms with Crippen LogP contribution in [0.15, 0.2) is 30.7 Å². The van der Waals surface area contributed by atoms with E-state index in [1.54, 1.807) is 24.7 Å². The van der Waals surface area contributed by atoms with Crippen molar-refractivity contribution in [3.63, 3.8) is 0 Å². The summed E-state index contributed by atoms with van der Waals surface area (Å²) in [5.41, 5.74) is 7.48. The Hall–Kier alpha value is -1.97. The van der Waals surface area contributed by atoms with Gasteiger partial charge in [-0.05, 0) is 24.6 Å². The van der Waals surface area contributed by atoms with E-state index < -0.39 is 0 Å². The van der Waals surface area contributed by atoms with Crippen molar-refractivity contribution in [2.75, 3.05) is 5.73 Å². The summed E-state index contributed by atoms with van der Waals surface area (Å²) in [4.78, 5) is 12.3. The highest BCUT2D eigenvalue weighted by Crippen LogP contribution is 2.14. The molecule has 0 aliphatic rings. The van der Waals surface area contributed by atoms with E-state index in [0.717, 1.165) is 11.1 Å². The lowest BCUT2D eigenvalue weighted by atomic mass is 10.2. The molecule has 2 N–H and O–H groups in total. The van der Waals surface area contributed by atoms with Crippen LogP contribution >= 0.6 is 0 Å². The van der Waals surface area contributed by atoms with Crippen molar-refractivity contribution in [1.82, 2.24) is 15.0 Å². The molecule has 2 aromatic heterocycles. The maximum absolute atomic E-state index is 5.56. The maximum atomic E-state index is 5.56. The Kier molecular flexibility index (Phi) is 2.10. The van der Waals surface area contributed by atoms with E-state index in [-0.39, 0.29) is 0 Å². The summed E-state index contributed by atoms with van der Waals surface area (Å²) in [6, 6.07) is 3.59. The number of hydrogen-bond acceptors (Lipinski definition) is 4. The Labute approximate surface area is 81.9 Å². The van der Waals surface area contributed by atoms with Gasteiger partial charge in [-0.2, -0.15) is 0 Å². The van der Waals surface area contributed by atoms with Crippen molar-refractivity contribution in [3.8, 4) is 11.4 Å². The molecule has 70 valence electrons. The summed E-state index contributed by atoms with van der Waals surface area (Å²) < 4.78 is 0. The van der Waals surface area contributed by atoms with E-state index in [4.69, 9.17) is 5.73 Å². The first-order valence-corrected chi connectivity index (χ1v) is 4.26. The lowest BCUT2D eigenvalue weighted by molar-refractivity contribution is 1.13. The van der Waals surface area contributed by atoms with Crippen LogP contribution < -0.4 is 5.73 Å². The topological polar surface area (TPSA) is 64.7 Å². The van der Waals surface area contributed by atoms with Gasteiger partial charge in [0.05, 0.1) is 0 Å². The van der Waals surface area contributed by atoms with Crippen molar-refractivity contribution in [1.29, 1.82) is 0 Å². The number of nitrogen functional groups attached to an aromatic ring is 1. The highest BCUT2D eigenvalue weighted by molar-refractivity contribution is 5.57. The molecule has 0 amide bonds. The van der Waals surface area contributed by atoms with E-state index >= 15 is 0 Å². The Morgan fingerprint density at radius 1 is 1.14 bits per heavy atom. The van der Waals surface area contributed by atoms with Crippen molar-refractivity contribution in [2.24, 2.45) is 0 Å². The Balaban J connectivity index is 2.44. The molecule has 4 heteroatoms. The van der Waals surface area contributed by atoms with E-state index in [2.05, 4.69) is 15.0 Å². The highest BCUT2D eigenvalue weighted by Gasteiger charge is 2.00. The Bertz CT molecular complexity index is 436. The number of rotatable bonds is 1. The first-order chi connectivity index (χ1) is 6.75. The van der Waals surface area contributed by atoms with Gasteiger partial charge in [-0.3, -0.25) is 0 Å². The number of aryl methyl sites for hydroxylation is 1. The number of anilines is 1. The highest BCUT2D eigenvalue weighted by atomic mass is 14.9. The summed E-state index contributed by atoms with van der Waals surface area (Å²) in [5, 5.41) is 0. The van der Waals surface area contributed by atoms with E-state index in [1.165, 1.54) is 0 Å². The minimum Gasteiger partial charge on any atom is -0.384 e. The second-order valence-corrected chi connectivity index (χ2v) is 3.05.